The van der Waals surface area contributed by atoms with Crippen LogP contribution in [-0.4, -0.2) is 21.3 Å². The lowest BCUT2D eigenvalue weighted by atomic mass is 9.96. The van der Waals surface area contributed by atoms with E-state index in [0.29, 0.717) is 14.5 Å². The number of hydrogen-bond donors (Lipinski definition) is 4. The van der Waals surface area contributed by atoms with E-state index in [1.807, 2.05) is 0 Å². The minimum atomic E-state index is -0.989. The van der Waals surface area contributed by atoms with E-state index in [1.54, 1.807) is 19.1 Å². The second-order valence-electron chi connectivity index (χ2n) is 3.96. The molecule has 19 heavy (non-hydrogen) atoms. The van der Waals surface area contributed by atoms with Gasteiger partial charge in [-0.25, -0.2) is 5.48 Å². The monoisotopic (exact) mass is 393 g/mol. The first-order valence-electron chi connectivity index (χ1n) is 5.35. The fourth-order valence-corrected chi connectivity index (χ4v) is 2.73. The first kappa shape index (κ1) is 16.2. The van der Waals surface area contributed by atoms with E-state index in [-0.39, 0.29) is 5.75 Å². The number of hydrogen-bond acceptors (Lipinski definition) is 4. The highest BCUT2D eigenvalue weighted by Gasteiger charge is 2.20. The van der Waals surface area contributed by atoms with E-state index >= 15 is 0 Å². The van der Waals surface area contributed by atoms with Gasteiger partial charge in [0.2, 0.25) is 0 Å². The molecule has 7 heteroatoms. The van der Waals surface area contributed by atoms with E-state index in [2.05, 4.69) is 31.9 Å². The summed E-state index contributed by atoms with van der Waals surface area (Å²) in [5.74, 6) is -1.16. The summed E-state index contributed by atoms with van der Waals surface area (Å²) in [6, 6.07) is 3.26. The number of benzene rings is 1. The highest BCUT2D eigenvalue weighted by molar-refractivity contribution is 9.11. The van der Waals surface area contributed by atoms with Crippen molar-refractivity contribution in [1.29, 1.82) is 0 Å². The molecule has 5 nitrogen and oxygen atoms in total. The maximum Gasteiger partial charge on any atom is 0.267 e. The predicted octanol–water partition coefficient (Wildman–Crippen LogP) is 2.65. The maximum atomic E-state index is 10.9. The fraction of sp³-hybridized carbons (Fsp3) is 0.250. The molecule has 0 aliphatic heterocycles. The Kier molecular flexibility index (Phi) is 5.99. The van der Waals surface area contributed by atoms with Crippen molar-refractivity contribution in [3.05, 3.63) is 38.8 Å². The van der Waals surface area contributed by atoms with Crippen molar-refractivity contribution in [1.82, 2.24) is 5.48 Å². The Morgan fingerprint density at radius 1 is 1.42 bits per heavy atom. The number of aromatic hydroxyl groups is 1. The van der Waals surface area contributed by atoms with Crippen molar-refractivity contribution >= 4 is 37.8 Å². The highest BCUT2D eigenvalue weighted by Crippen LogP contribution is 2.37. The number of carbonyl (C=O) groups is 1. The van der Waals surface area contributed by atoms with Crippen LogP contribution in [0.15, 0.2) is 33.2 Å². The third-order valence-corrected chi connectivity index (χ3v) is 3.60. The fourth-order valence-electron chi connectivity index (χ4n) is 1.48. The standard InChI is InChI=1S/C12H13Br2NO4/c1-6(2-3-10(16)15-19)11(17)8-4-7(13)5-9(14)12(8)18/h2-6,11,17-19H,1H3,(H,15,16)/b3-2+/t6-,11+/m0/s1. The third-order valence-electron chi connectivity index (χ3n) is 2.54. The van der Waals surface area contributed by atoms with Crippen LogP contribution >= 0.6 is 31.9 Å². The van der Waals surface area contributed by atoms with Crippen molar-refractivity contribution in [3.63, 3.8) is 0 Å². The first-order chi connectivity index (χ1) is 8.86. The molecule has 4 N–H and O–H groups in total. The zero-order valence-corrected chi connectivity index (χ0v) is 13.1. The van der Waals surface area contributed by atoms with Gasteiger partial charge in [-0.1, -0.05) is 28.9 Å². The number of aliphatic hydroxyl groups excluding tert-OH is 1. The van der Waals surface area contributed by atoms with E-state index in [0.717, 1.165) is 6.08 Å². The molecular formula is C12H13Br2NO4. The Hall–Kier alpha value is -0.890. The molecule has 0 fully saturated rings. The van der Waals surface area contributed by atoms with Crippen LogP contribution in [-0.2, 0) is 4.79 Å². The molecule has 0 saturated heterocycles. The van der Waals surface area contributed by atoms with E-state index in [9.17, 15) is 15.0 Å². The van der Waals surface area contributed by atoms with Gasteiger partial charge in [0.25, 0.3) is 5.91 Å². The number of aliphatic hydroxyl groups is 1. The van der Waals surface area contributed by atoms with Crippen LogP contribution < -0.4 is 5.48 Å². The second kappa shape index (κ2) is 7.04. The molecule has 0 aromatic heterocycles. The summed E-state index contributed by atoms with van der Waals surface area (Å²) in [4.78, 5) is 10.9. The van der Waals surface area contributed by atoms with Gasteiger partial charge in [0.15, 0.2) is 0 Å². The Balaban J connectivity index is 2.97. The highest BCUT2D eigenvalue weighted by atomic mass is 79.9. The Bertz CT molecular complexity index is 505. The van der Waals surface area contributed by atoms with Crippen LogP contribution in [0.25, 0.3) is 0 Å². The lowest BCUT2D eigenvalue weighted by Gasteiger charge is -2.18. The predicted molar refractivity (Wildman–Crippen MR) is 76.7 cm³/mol. The molecule has 0 heterocycles. The molecule has 0 spiro atoms. The van der Waals surface area contributed by atoms with Crippen molar-refractivity contribution < 1.29 is 20.2 Å². The van der Waals surface area contributed by atoms with Gasteiger partial charge >= 0.3 is 0 Å². The van der Waals surface area contributed by atoms with Gasteiger partial charge in [-0.05, 0) is 28.1 Å². The van der Waals surface area contributed by atoms with Crippen LogP contribution in [0, 0.1) is 5.92 Å². The summed E-state index contributed by atoms with van der Waals surface area (Å²) >= 11 is 6.45. The van der Waals surface area contributed by atoms with E-state index < -0.39 is 17.9 Å². The minimum absolute atomic E-state index is 0.0532. The van der Waals surface area contributed by atoms with Gasteiger partial charge in [0.1, 0.15) is 5.75 Å². The number of hydroxylamine groups is 1. The normalized spacial score (nSPS) is 14.4. The zero-order chi connectivity index (χ0) is 14.6. The summed E-state index contributed by atoms with van der Waals surface area (Å²) in [5.41, 5.74) is 1.79. The molecule has 0 radical (unpaired) electrons. The van der Waals surface area contributed by atoms with Crippen LogP contribution in [0.2, 0.25) is 0 Å². The van der Waals surface area contributed by atoms with Gasteiger partial charge in [-0.15, -0.1) is 0 Å². The number of rotatable bonds is 4. The van der Waals surface area contributed by atoms with Crippen molar-refractivity contribution in [2.24, 2.45) is 5.92 Å². The van der Waals surface area contributed by atoms with Crippen LogP contribution in [0.4, 0.5) is 0 Å². The summed E-state index contributed by atoms with van der Waals surface area (Å²) in [6.07, 6.45) is 1.55. The van der Waals surface area contributed by atoms with Crippen molar-refractivity contribution in [3.8, 4) is 5.75 Å². The number of halogens is 2. The summed E-state index contributed by atoms with van der Waals surface area (Å²) in [7, 11) is 0. The molecule has 0 saturated carbocycles. The summed E-state index contributed by atoms with van der Waals surface area (Å²) in [6.45, 7) is 1.68. The summed E-state index contributed by atoms with van der Waals surface area (Å²) in [5, 5.41) is 28.4. The Morgan fingerprint density at radius 3 is 2.63 bits per heavy atom. The van der Waals surface area contributed by atoms with E-state index in [4.69, 9.17) is 5.21 Å². The molecule has 1 aromatic carbocycles. The molecule has 0 bridgehead atoms. The SMILES string of the molecule is C[C@@H](/C=C/C(=O)NO)[C@@H](O)c1cc(Br)cc(Br)c1O. The smallest absolute Gasteiger partial charge is 0.267 e. The van der Waals surface area contributed by atoms with Gasteiger partial charge in [0.05, 0.1) is 10.6 Å². The van der Waals surface area contributed by atoms with Crippen molar-refractivity contribution in [2.45, 2.75) is 13.0 Å². The molecule has 1 rings (SSSR count). The number of phenolic OH excluding ortho intramolecular Hbond substituents is 1. The molecule has 104 valence electrons. The average molecular weight is 395 g/mol. The third kappa shape index (κ3) is 4.31. The zero-order valence-electron chi connectivity index (χ0n) is 9.97. The van der Waals surface area contributed by atoms with Gasteiger partial charge in [-0.3, -0.25) is 10.0 Å². The Morgan fingerprint density at radius 2 is 2.05 bits per heavy atom. The van der Waals surface area contributed by atoms with Gasteiger partial charge < -0.3 is 10.2 Å². The van der Waals surface area contributed by atoms with Gasteiger partial charge in [0, 0.05) is 22.0 Å². The quantitative estimate of drug-likeness (QED) is 0.359. The molecule has 0 unspecified atom stereocenters. The molecule has 1 amide bonds. The maximum absolute atomic E-state index is 10.9. The van der Waals surface area contributed by atoms with Crippen LogP contribution in [0.5, 0.6) is 5.75 Å². The largest absolute Gasteiger partial charge is 0.506 e. The Labute approximate surface area is 127 Å². The van der Waals surface area contributed by atoms with Crippen LogP contribution in [0.1, 0.15) is 18.6 Å². The topological polar surface area (TPSA) is 89.8 Å². The number of amides is 1. The minimum Gasteiger partial charge on any atom is -0.506 e. The van der Waals surface area contributed by atoms with Crippen molar-refractivity contribution in [2.75, 3.05) is 0 Å². The van der Waals surface area contributed by atoms with E-state index in [1.165, 1.54) is 11.6 Å². The van der Waals surface area contributed by atoms with Gasteiger partial charge in [-0.2, -0.15) is 0 Å². The molecule has 0 aliphatic carbocycles. The molecule has 0 aliphatic rings. The summed E-state index contributed by atoms with van der Waals surface area (Å²) < 4.78 is 1.16. The lowest BCUT2D eigenvalue weighted by Crippen LogP contribution is -2.16. The first-order valence-corrected chi connectivity index (χ1v) is 6.93. The molecular weight excluding hydrogens is 382 g/mol. The number of carbonyl (C=O) groups excluding carboxylic acids is 1. The lowest BCUT2D eigenvalue weighted by molar-refractivity contribution is -0.124. The number of phenols is 1. The molecule has 2 atom stereocenters. The van der Waals surface area contributed by atoms with Crippen LogP contribution in [0.3, 0.4) is 0 Å². The average Bonchev–Trinajstić information content (AvgIpc) is 2.38. The number of nitrogens with one attached hydrogen (secondary N) is 1. The molecule has 1 aromatic rings. The second-order valence-corrected chi connectivity index (χ2v) is 5.73.